The van der Waals surface area contributed by atoms with Crippen molar-refractivity contribution in [1.82, 2.24) is 4.90 Å². The fraction of sp³-hybridized carbons (Fsp3) is 0.500. The minimum Gasteiger partial charge on any atom is -0.345 e. The average molecular weight is 333 g/mol. The summed E-state index contributed by atoms with van der Waals surface area (Å²) in [7, 11) is 1.85. The number of rotatable bonds is 6. The fourth-order valence-electron chi connectivity index (χ4n) is 1.69. The highest BCUT2D eigenvalue weighted by atomic mass is 79.9. The lowest BCUT2D eigenvalue weighted by molar-refractivity contribution is -0.129. The minimum absolute atomic E-state index is 0.114. The molecule has 1 atom stereocenters. The van der Waals surface area contributed by atoms with Crippen molar-refractivity contribution in [1.29, 1.82) is 0 Å². The monoisotopic (exact) mass is 331 g/mol. The van der Waals surface area contributed by atoms with Gasteiger partial charge in [0.25, 0.3) is 0 Å². The van der Waals surface area contributed by atoms with E-state index in [0.717, 1.165) is 24.9 Å². The van der Waals surface area contributed by atoms with Crippen LogP contribution in [0.25, 0.3) is 0 Å². The molecule has 0 aliphatic rings. The first kappa shape index (κ1) is 15.5. The van der Waals surface area contributed by atoms with Crippen LogP contribution in [0.2, 0.25) is 5.02 Å². The summed E-state index contributed by atoms with van der Waals surface area (Å²) in [6, 6.07) is 7.63. The van der Waals surface area contributed by atoms with E-state index in [4.69, 9.17) is 11.6 Å². The van der Waals surface area contributed by atoms with Crippen LogP contribution in [-0.2, 0) is 11.2 Å². The van der Waals surface area contributed by atoms with E-state index in [1.165, 1.54) is 0 Å². The number of halogens is 2. The van der Waals surface area contributed by atoms with Gasteiger partial charge in [0.1, 0.15) is 0 Å². The van der Waals surface area contributed by atoms with Crippen LogP contribution in [0.15, 0.2) is 24.3 Å². The van der Waals surface area contributed by atoms with Crippen molar-refractivity contribution >= 4 is 33.4 Å². The number of benzene rings is 1. The molecule has 0 N–H and O–H groups in total. The van der Waals surface area contributed by atoms with Crippen LogP contribution in [0.5, 0.6) is 0 Å². The number of hydrogen-bond acceptors (Lipinski definition) is 1. The summed E-state index contributed by atoms with van der Waals surface area (Å²) in [6.45, 7) is 2.92. The van der Waals surface area contributed by atoms with Crippen molar-refractivity contribution in [3.63, 3.8) is 0 Å². The van der Waals surface area contributed by atoms with E-state index in [2.05, 4.69) is 22.9 Å². The molecule has 1 rings (SSSR count). The molecule has 0 saturated heterocycles. The first-order valence-corrected chi connectivity index (χ1v) is 7.48. The predicted octanol–water partition coefficient (Wildman–Crippen LogP) is 3.90. The van der Waals surface area contributed by atoms with Gasteiger partial charge in [0.2, 0.25) is 5.91 Å². The van der Waals surface area contributed by atoms with Gasteiger partial charge in [0.15, 0.2) is 0 Å². The van der Waals surface area contributed by atoms with E-state index in [9.17, 15) is 4.79 Å². The number of unbranched alkanes of at least 4 members (excludes halogenated alkanes) is 1. The molecule has 0 aromatic heterocycles. The molecular formula is C14H19BrClNO. The summed E-state index contributed by atoms with van der Waals surface area (Å²) in [5.41, 5.74) is 0.998. The SMILES string of the molecule is CCCCN(C)C(=O)C(Br)Cc1ccccc1Cl. The molecule has 18 heavy (non-hydrogen) atoms. The van der Waals surface area contributed by atoms with Gasteiger partial charge in [-0.05, 0) is 24.5 Å². The number of amides is 1. The number of carbonyl (C=O) groups is 1. The third-order valence-corrected chi connectivity index (χ3v) is 3.93. The normalized spacial score (nSPS) is 12.2. The van der Waals surface area contributed by atoms with Crippen molar-refractivity contribution in [2.75, 3.05) is 13.6 Å². The lowest BCUT2D eigenvalue weighted by atomic mass is 10.1. The molecule has 0 spiro atoms. The van der Waals surface area contributed by atoms with E-state index in [0.29, 0.717) is 11.4 Å². The zero-order chi connectivity index (χ0) is 13.5. The minimum atomic E-state index is -0.209. The molecular weight excluding hydrogens is 314 g/mol. The van der Waals surface area contributed by atoms with Crippen LogP contribution in [0.4, 0.5) is 0 Å². The third-order valence-electron chi connectivity index (χ3n) is 2.85. The first-order chi connectivity index (χ1) is 8.56. The Hall–Kier alpha value is -0.540. The smallest absolute Gasteiger partial charge is 0.236 e. The average Bonchev–Trinajstić information content (AvgIpc) is 2.37. The van der Waals surface area contributed by atoms with Gasteiger partial charge in [-0.15, -0.1) is 0 Å². The number of nitrogens with zero attached hydrogens (tertiary/aromatic N) is 1. The maximum absolute atomic E-state index is 12.1. The Morgan fingerprint density at radius 1 is 1.44 bits per heavy atom. The Balaban J connectivity index is 2.57. The summed E-state index contributed by atoms with van der Waals surface area (Å²) >= 11 is 9.55. The predicted molar refractivity (Wildman–Crippen MR) is 80.4 cm³/mol. The summed E-state index contributed by atoms with van der Waals surface area (Å²) < 4.78 is 0. The van der Waals surface area contributed by atoms with Crippen LogP contribution in [0.3, 0.4) is 0 Å². The molecule has 1 amide bonds. The second-order valence-corrected chi connectivity index (χ2v) is 5.89. The van der Waals surface area contributed by atoms with Gasteiger partial charge in [-0.1, -0.05) is 59.1 Å². The molecule has 0 heterocycles. The topological polar surface area (TPSA) is 20.3 Å². The molecule has 2 nitrogen and oxygen atoms in total. The molecule has 0 saturated carbocycles. The van der Waals surface area contributed by atoms with Gasteiger partial charge in [-0.2, -0.15) is 0 Å². The second kappa shape index (κ2) is 7.80. The highest BCUT2D eigenvalue weighted by molar-refractivity contribution is 9.10. The van der Waals surface area contributed by atoms with Crippen LogP contribution >= 0.6 is 27.5 Å². The van der Waals surface area contributed by atoms with Crippen molar-refractivity contribution in [3.8, 4) is 0 Å². The standard InChI is InChI=1S/C14H19BrClNO/c1-3-4-9-17(2)14(18)12(15)10-11-7-5-6-8-13(11)16/h5-8,12H,3-4,9-10H2,1-2H3. The Bertz CT molecular complexity index is 397. The highest BCUT2D eigenvalue weighted by Crippen LogP contribution is 2.20. The van der Waals surface area contributed by atoms with Gasteiger partial charge in [-0.3, -0.25) is 4.79 Å². The molecule has 4 heteroatoms. The largest absolute Gasteiger partial charge is 0.345 e. The zero-order valence-corrected chi connectivity index (χ0v) is 13.2. The van der Waals surface area contributed by atoms with Gasteiger partial charge >= 0.3 is 0 Å². The zero-order valence-electron chi connectivity index (χ0n) is 10.8. The highest BCUT2D eigenvalue weighted by Gasteiger charge is 2.19. The lowest BCUT2D eigenvalue weighted by Crippen LogP contribution is -2.35. The Morgan fingerprint density at radius 2 is 2.11 bits per heavy atom. The molecule has 100 valence electrons. The Labute approximate surface area is 122 Å². The lowest BCUT2D eigenvalue weighted by Gasteiger charge is -2.20. The maximum Gasteiger partial charge on any atom is 0.236 e. The van der Waals surface area contributed by atoms with Gasteiger partial charge < -0.3 is 4.90 Å². The quantitative estimate of drug-likeness (QED) is 0.723. The number of hydrogen-bond donors (Lipinski definition) is 0. The number of carbonyl (C=O) groups excluding carboxylic acids is 1. The van der Waals surface area contributed by atoms with Crippen LogP contribution in [0, 0.1) is 0 Å². The number of alkyl halides is 1. The summed E-state index contributed by atoms with van der Waals surface area (Å²) in [5.74, 6) is 0.114. The van der Waals surface area contributed by atoms with Gasteiger partial charge in [0.05, 0.1) is 4.83 Å². The maximum atomic E-state index is 12.1. The van der Waals surface area contributed by atoms with Crippen molar-refractivity contribution in [3.05, 3.63) is 34.9 Å². The van der Waals surface area contributed by atoms with E-state index >= 15 is 0 Å². The van der Waals surface area contributed by atoms with E-state index < -0.39 is 0 Å². The third kappa shape index (κ3) is 4.62. The molecule has 0 fully saturated rings. The Kier molecular flexibility index (Phi) is 6.72. The van der Waals surface area contributed by atoms with Crippen LogP contribution in [-0.4, -0.2) is 29.2 Å². The molecule has 1 aromatic rings. The van der Waals surface area contributed by atoms with E-state index in [1.54, 1.807) is 4.90 Å². The molecule has 0 bridgehead atoms. The molecule has 1 unspecified atom stereocenters. The first-order valence-electron chi connectivity index (χ1n) is 6.18. The molecule has 0 radical (unpaired) electrons. The summed E-state index contributed by atoms with van der Waals surface area (Å²) in [5, 5.41) is 0.714. The van der Waals surface area contributed by atoms with Crippen LogP contribution in [0.1, 0.15) is 25.3 Å². The summed E-state index contributed by atoms with van der Waals surface area (Å²) in [6.07, 6.45) is 2.75. The Morgan fingerprint density at radius 3 is 2.72 bits per heavy atom. The van der Waals surface area contributed by atoms with E-state index in [1.807, 2.05) is 31.3 Å². The van der Waals surface area contributed by atoms with Crippen molar-refractivity contribution in [2.45, 2.75) is 31.0 Å². The van der Waals surface area contributed by atoms with Crippen molar-refractivity contribution in [2.24, 2.45) is 0 Å². The fourth-order valence-corrected chi connectivity index (χ4v) is 2.60. The second-order valence-electron chi connectivity index (χ2n) is 4.38. The van der Waals surface area contributed by atoms with Gasteiger partial charge in [-0.25, -0.2) is 0 Å². The van der Waals surface area contributed by atoms with Crippen molar-refractivity contribution < 1.29 is 4.79 Å². The molecule has 0 aliphatic heterocycles. The van der Waals surface area contributed by atoms with Crippen LogP contribution < -0.4 is 0 Å². The van der Waals surface area contributed by atoms with E-state index in [-0.39, 0.29) is 10.7 Å². The molecule has 1 aromatic carbocycles. The molecule has 0 aliphatic carbocycles. The summed E-state index contributed by atoms with van der Waals surface area (Å²) in [4.78, 5) is 13.7. The van der Waals surface area contributed by atoms with Gasteiger partial charge in [0, 0.05) is 18.6 Å².